The van der Waals surface area contributed by atoms with Crippen molar-refractivity contribution in [3.63, 3.8) is 0 Å². The summed E-state index contributed by atoms with van der Waals surface area (Å²) in [7, 11) is 0. The first kappa shape index (κ1) is 12.4. The zero-order valence-electron chi connectivity index (χ0n) is 8.67. The van der Waals surface area contributed by atoms with E-state index in [1.807, 2.05) is 0 Å². The Kier molecular flexibility index (Phi) is 3.39. The molecule has 1 saturated heterocycles. The van der Waals surface area contributed by atoms with E-state index in [1.165, 1.54) is 0 Å². The van der Waals surface area contributed by atoms with Crippen LogP contribution in [0.5, 0.6) is 0 Å². The van der Waals surface area contributed by atoms with Crippen molar-refractivity contribution in [3.05, 3.63) is 16.9 Å². The molecule has 0 saturated carbocycles. The van der Waals surface area contributed by atoms with Gasteiger partial charge in [0.2, 0.25) is 5.95 Å². The SMILES string of the molecule is FC(F)(F)c1cnc(N2CCOCC2)nc1Cl. The lowest BCUT2D eigenvalue weighted by atomic mass is 10.3. The summed E-state index contributed by atoms with van der Waals surface area (Å²) in [5, 5.41) is -0.575. The molecule has 2 rings (SSSR count). The van der Waals surface area contributed by atoms with E-state index in [-0.39, 0.29) is 5.95 Å². The first-order chi connectivity index (χ1) is 7.98. The van der Waals surface area contributed by atoms with E-state index in [1.54, 1.807) is 4.90 Å². The summed E-state index contributed by atoms with van der Waals surface area (Å²) < 4.78 is 42.4. The first-order valence-corrected chi connectivity index (χ1v) is 5.29. The predicted molar refractivity (Wildman–Crippen MR) is 55.1 cm³/mol. The largest absolute Gasteiger partial charge is 0.420 e. The minimum absolute atomic E-state index is 0.200. The molecule has 0 aliphatic carbocycles. The van der Waals surface area contributed by atoms with Crippen LogP contribution in [0, 0.1) is 0 Å². The van der Waals surface area contributed by atoms with Crippen LogP contribution in [0.25, 0.3) is 0 Å². The van der Waals surface area contributed by atoms with Crippen molar-refractivity contribution < 1.29 is 17.9 Å². The summed E-state index contributed by atoms with van der Waals surface area (Å²) in [5.41, 5.74) is -1.02. The lowest BCUT2D eigenvalue weighted by Gasteiger charge is -2.26. The summed E-state index contributed by atoms with van der Waals surface area (Å²) in [4.78, 5) is 9.08. The van der Waals surface area contributed by atoms with Crippen LogP contribution in [0.1, 0.15) is 5.56 Å². The van der Waals surface area contributed by atoms with Crippen molar-refractivity contribution >= 4 is 17.5 Å². The smallest absolute Gasteiger partial charge is 0.378 e. The fraction of sp³-hybridized carbons (Fsp3) is 0.556. The topological polar surface area (TPSA) is 38.2 Å². The highest BCUT2D eigenvalue weighted by Crippen LogP contribution is 2.33. The van der Waals surface area contributed by atoms with Crippen molar-refractivity contribution in [1.82, 2.24) is 9.97 Å². The van der Waals surface area contributed by atoms with Crippen LogP contribution in [-0.2, 0) is 10.9 Å². The van der Waals surface area contributed by atoms with Gasteiger partial charge in [-0.3, -0.25) is 0 Å². The molecule has 17 heavy (non-hydrogen) atoms. The second-order valence-electron chi connectivity index (χ2n) is 3.47. The average molecular weight is 268 g/mol. The van der Waals surface area contributed by atoms with Gasteiger partial charge in [-0.2, -0.15) is 13.2 Å². The molecule has 1 aromatic rings. The number of anilines is 1. The molecule has 0 spiro atoms. The predicted octanol–water partition coefficient (Wildman–Crippen LogP) is 1.99. The second kappa shape index (κ2) is 4.66. The first-order valence-electron chi connectivity index (χ1n) is 4.91. The normalized spacial score (nSPS) is 17.3. The fourth-order valence-corrected chi connectivity index (χ4v) is 1.69. The van der Waals surface area contributed by atoms with E-state index >= 15 is 0 Å². The highest BCUT2D eigenvalue weighted by Gasteiger charge is 2.35. The van der Waals surface area contributed by atoms with E-state index in [0.29, 0.717) is 32.5 Å². The number of nitrogens with zero attached hydrogens (tertiary/aromatic N) is 3. The maximum absolute atomic E-state index is 12.4. The second-order valence-corrected chi connectivity index (χ2v) is 3.83. The van der Waals surface area contributed by atoms with E-state index in [9.17, 15) is 13.2 Å². The number of alkyl halides is 3. The Bertz CT molecular complexity index is 407. The number of hydrogen-bond acceptors (Lipinski definition) is 4. The molecule has 4 nitrogen and oxygen atoms in total. The molecular formula is C9H9ClF3N3O. The number of aromatic nitrogens is 2. The van der Waals surface area contributed by atoms with Gasteiger partial charge in [-0.05, 0) is 0 Å². The standard InChI is InChI=1S/C9H9ClF3N3O/c10-7-6(9(11,12)13)5-14-8(15-7)16-1-3-17-4-2-16/h5H,1-4H2. The monoisotopic (exact) mass is 267 g/mol. The van der Waals surface area contributed by atoms with Gasteiger partial charge in [-0.15, -0.1) is 0 Å². The Hall–Kier alpha value is -1.08. The highest BCUT2D eigenvalue weighted by atomic mass is 35.5. The third kappa shape index (κ3) is 2.78. The Morgan fingerprint density at radius 1 is 1.29 bits per heavy atom. The lowest BCUT2D eigenvalue weighted by molar-refractivity contribution is -0.137. The maximum atomic E-state index is 12.4. The Balaban J connectivity index is 2.24. The van der Waals surface area contributed by atoms with Gasteiger partial charge < -0.3 is 9.64 Å². The minimum atomic E-state index is -4.53. The van der Waals surface area contributed by atoms with Crippen molar-refractivity contribution in [1.29, 1.82) is 0 Å². The average Bonchev–Trinajstić information content (AvgIpc) is 2.28. The number of morpholine rings is 1. The Morgan fingerprint density at radius 2 is 1.94 bits per heavy atom. The van der Waals surface area contributed by atoms with Gasteiger partial charge >= 0.3 is 6.18 Å². The van der Waals surface area contributed by atoms with Crippen LogP contribution in [0.15, 0.2) is 6.20 Å². The molecule has 0 atom stereocenters. The van der Waals surface area contributed by atoms with Gasteiger partial charge in [0.25, 0.3) is 0 Å². The van der Waals surface area contributed by atoms with Crippen molar-refractivity contribution in [2.45, 2.75) is 6.18 Å². The van der Waals surface area contributed by atoms with Gasteiger partial charge in [0.15, 0.2) is 0 Å². The Morgan fingerprint density at radius 3 is 2.47 bits per heavy atom. The summed E-state index contributed by atoms with van der Waals surface area (Å²) >= 11 is 5.50. The van der Waals surface area contributed by atoms with Crippen LogP contribution < -0.4 is 4.90 Å². The van der Waals surface area contributed by atoms with Gasteiger partial charge in [0.1, 0.15) is 10.7 Å². The molecule has 0 amide bonds. The van der Waals surface area contributed by atoms with Gasteiger partial charge in [0.05, 0.1) is 13.2 Å². The molecule has 0 N–H and O–H groups in total. The number of halogens is 4. The molecule has 94 valence electrons. The molecule has 0 aromatic carbocycles. The molecule has 0 bridgehead atoms. The van der Waals surface area contributed by atoms with E-state index in [0.717, 1.165) is 0 Å². The molecule has 2 heterocycles. The van der Waals surface area contributed by atoms with Gasteiger partial charge in [0, 0.05) is 19.3 Å². The summed E-state index contributed by atoms with van der Waals surface area (Å²) in [6, 6.07) is 0. The third-order valence-corrected chi connectivity index (χ3v) is 2.62. The van der Waals surface area contributed by atoms with Crippen LogP contribution in [-0.4, -0.2) is 36.3 Å². The molecule has 0 radical (unpaired) electrons. The number of ether oxygens (including phenoxy) is 1. The van der Waals surface area contributed by atoms with Crippen LogP contribution in [0.2, 0.25) is 5.15 Å². The van der Waals surface area contributed by atoms with Crippen molar-refractivity contribution in [2.24, 2.45) is 0 Å². The van der Waals surface area contributed by atoms with Crippen LogP contribution in [0.3, 0.4) is 0 Å². The van der Waals surface area contributed by atoms with Crippen molar-refractivity contribution in [2.75, 3.05) is 31.2 Å². The van der Waals surface area contributed by atoms with Crippen LogP contribution in [0.4, 0.5) is 19.1 Å². The molecule has 1 fully saturated rings. The molecular weight excluding hydrogens is 259 g/mol. The Labute approximate surface area is 100 Å². The lowest BCUT2D eigenvalue weighted by Crippen LogP contribution is -2.37. The zero-order valence-corrected chi connectivity index (χ0v) is 9.42. The van der Waals surface area contributed by atoms with Crippen molar-refractivity contribution in [3.8, 4) is 0 Å². The molecule has 0 unspecified atom stereocenters. The molecule has 1 aliphatic heterocycles. The maximum Gasteiger partial charge on any atom is 0.420 e. The van der Waals surface area contributed by atoms with Crippen LogP contribution >= 0.6 is 11.6 Å². The summed E-state index contributed by atoms with van der Waals surface area (Å²) in [5.74, 6) is 0.200. The van der Waals surface area contributed by atoms with E-state index in [2.05, 4.69) is 9.97 Å². The zero-order chi connectivity index (χ0) is 12.5. The molecule has 1 aromatic heterocycles. The minimum Gasteiger partial charge on any atom is -0.378 e. The van der Waals surface area contributed by atoms with Gasteiger partial charge in [-0.1, -0.05) is 11.6 Å². The van der Waals surface area contributed by atoms with Gasteiger partial charge in [-0.25, -0.2) is 9.97 Å². The third-order valence-electron chi connectivity index (χ3n) is 2.33. The van der Waals surface area contributed by atoms with E-state index < -0.39 is 16.9 Å². The fourth-order valence-electron chi connectivity index (χ4n) is 1.46. The number of hydrogen-bond donors (Lipinski definition) is 0. The summed E-state index contributed by atoms with van der Waals surface area (Å²) in [6.07, 6.45) is -3.82. The highest BCUT2D eigenvalue weighted by molar-refractivity contribution is 6.30. The van der Waals surface area contributed by atoms with E-state index in [4.69, 9.17) is 16.3 Å². The molecule has 1 aliphatic rings. The molecule has 8 heteroatoms. The quantitative estimate of drug-likeness (QED) is 0.730. The summed E-state index contributed by atoms with van der Waals surface area (Å²) in [6.45, 7) is 2.09. The number of rotatable bonds is 1.